The summed E-state index contributed by atoms with van der Waals surface area (Å²) in [6.45, 7) is 1.89. The number of Topliss-reactive ketones (excluding diaryl/α,β-unsaturated/α-hetero) is 1. The third-order valence-corrected chi connectivity index (χ3v) is 6.27. The highest BCUT2D eigenvalue weighted by Gasteiger charge is 2.35. The van der Waals surface area contributed by atoms with E-state index in [1.54, 1.807) is 19.2 Å². The van der Waals surface area contributed by atoms with Crippen LogP contribution >= 0.6 is 11.3 Å². The molecular formula is C23H25NO3S. The Hall–Kier alpha value is -2.58. The molecule has 1 aliphatic carbocycles. The number of carbonyl (C=O) groups excluding carboxylic acids is 2. The predicted molar refractivity (Wildman–Crippen MR) is 113 cm³/mol. The summed E-state index contributed by atoms with van der Waals surface area (Å²) in [5, 5.41) is 1.92. The van der Waals surface area contributed by atoms with E-state index in [0.717, 1.165) is 23.3 Å². The first-order chi connectivity index (χ1) is 13.5. The molecule has 28 heavy (non-hydrogen) atoms. The second kappa shape index (κ2) is 9.07. The first kappa shape index (κ1) is 20.2. The van der Waals surface area contributed by atoms with Crippen LogP contribution in [0.5, 0.6) is 5.75 Å². The number of rotatable bonds is 7. The van der Waals surface area contributed by atoms with Crippen molar-refractivity contribution in [3.05, 3.63) is 46.2 Å². The van der Waals surface area contributed by atoms with E-state index < -0.39 is 11.9 Å². The maximum Gasteiger partial charge on any atom is 0.303 e. The van der Waals surface area contributed by atoms with Crippen molar-refractivity contribution in [2.24, 2.45) is 5.92 Å². The Bertz CT molecular complexity index is 876. The highest BCUT2D eigenvalue weighted by molar-refractivity contribution is 7.10. The number of benzene rings is 1. The number of thiophene rings is 1. The van der Waals surface area contributed by atoms with Crippen molar-refractivity contribution in [3.63, 3.8) is 0 Å². The lowest BCUT2D eigenvalue weighted by molar-refractivity contribution is -0.124. The average Bonchev–Trinajstić information content (AvgIpc) is 3.39. The third-order valence-electron chi connectivity index (χ3n) is 5.35. The fourth-order valence-electron chi connectivity index (χ4n) is 3.95. The van der Waals surface area contributed by atoms with Crippen molar-refractivity contribution in [3.8, 4) is 18.1 Å². The maximum atomic E-state index is 13.4. The van der Waals surface area contributed by atoms with Crippen LogP contribution in [0.3, 0.4) is 0 Å². The molecular weight excluding hydrogens is 370 g/mol. The Balaban J connectivity index is 2.03. The SMILES string of the molecule is C#CC(=O)N(c1ccc(OC)cc1C)C(C(=O)CC1CCCC1)c1cccs1. The number of ether oxygens (including phenoxy) is 1. The number of aryl methyl sites for hydroxylation is 1. The van der Waals surface area contributed by atoms with E-state index >= 15 is 0 Å². The summed E-state index contributed by atoms with van der Waals surface area (Å²) in [7, 11) is 1.60. The molecule has 1 saturated carbocycles. The highest BCUT2D eigenvalue weighted by Crippen LogP contribution is 2.37. The van der Waals surface area contributed by atoms with Crippen molar-refractivity contribution < 1.29 is 14.3 Å². The van der Waals surface area contributed by atoms with Crippen LogP contribution in [-0.2, 0) is 9.59 Å². The number of amides is 1. The van der Waals surface area contributed by atoms with E-state index in [1.165, 1.54) is 29.1 Å². The van der Waals surface area contributed by atoms with E-state index in [0.29, 0.717) is 23.8 Å². The summed E-state index contributed by atoms with van der Waals surface area (Å²) in [6, 6.07) is 8.53. The summed E-state index contributed by atoms with van der Waals surface area (Å²) >= 11 is 1.47. The molecule has 2 aromatic rings. The topological polar surface area (TPSA) is 46.6 Å². The number of ketones is 1. The lowest BCUT2D eigenvalue weighted by atomic mass is 9.95. The quantitative estimate of drug-likeness (QED) is 0.625. The number of hydrogen-bond acceptors (Lipinski definition) is 4. The van der Waals surface area contributed by atoms with Gasteiger partial charge in [-0.2, -0.15) is 0 Å². The summed E-state index contributed by atoms with van der Waals surface area (Å²) in [4.78, 5) is 28.5. The summed E-state index contributed by atoms with van der Waals surface area (Å²) in [5.74, 6) is 2.85. The van der Waals surface area contributed by atoms with E-state index in [2.05, 4.69) is 5.92 Å². The normalized spacial score (nSPS) is 15.0. The van der Waals surface area contributed by atoms with E-state index in [-0.39, 0.29) is 5.78 Å². The van der Waals surface area contributed by atoms with Gasteiger partial charge in [0.05, 0.1) is 7.11 Å². The van der Waals surface area contributed by atoms with Crippen LogP contribution in [0, 0.1) is 25.2 Å². The standard InChI is InChI=1S/C23H25NO3S/c1-4-22(26)24(19-12-11-18(27-3)14-16(19)2)23(21-10-7-13-28-21)20(25)15-17-8-5-6-9-17/h1,7,10-14,17,23H,5-6,8-9,15H2,2-3H3. The Kier molecular flexibility index (Phi) is 6.53. The molecule has 1 aliphatic rings. The van der Waals surface area contributed by atoms with Crippen LogP contribution in [0.4, 0.5) is 5.69 Å². The second-order valence-electron chi connectivity index (χ2n) is 7.21. The Labute approximate surface area is 170 Å². The van der Waals surface area contributed by atoms with Gasteiger partial charge in [-0.25, -0.2) is 0 Å². The van der Waals surface area contributed by atoms with Crippen LogP contribution in [0.15, 0.2) is 35.7 Å². The number of methoxy groups -OCH3 is 1. The molecule has 0 spiro atoms. The Morgan fingerprint density at radius 1 is 1.32 bits per heavy atom. The minimum Gasteiger partial charge on any atom is -0.497 e. The molecule has 1 unspecified atom stereocenters. The van der Waals surface area contributed by atoms with Gasteiger partial charge in [0.15, 0.2) is 5.78 Å². The summed E-state index contributed by atoms with van der Waals surface area (Å²) < 4.78 is 5.28. The molecule has 0 aliphatic heterocycles. The fourth-order valence-corrected chi connectivity index (χ4v) is 4.79. The van der Waals surface area contributed by atoms with E-state index in [9.17, 15) is 9.59 Å². The van der Waals surface area contributed by atoms with Crippen molar-refractivity contribution >= 4 is 28.7 Å². The van der Waals surface area contributed by atoms with Gasteiger partial charge in [-0.05, 0) is 54.0 Å². The van der Waals surface area contributed by atoms with Crippen LogP contribution in [0.2, 0.25) is 0 Å². The monoisotopic (exact) mass is 395 g/mol. The van der Waals surface area contributed by atoms with Crippen molar-refractivity contribution in [1.29, 1.82) is 0 Å². The van der Waals surface area contributed by atoms with Crippen molar-refractivity contribution in [2.75, 3.05) is 12.0 Å². The zero-order chi connectivity index (χ0) is 20.1. The zero-order valence-corrected chi connectivity index (χ0v) is 17.1. The van der Waals surface area contributed by atoms with Gasteiger partial charge in [0.2, 0.25) is 0 Å². The molecule has 3 rings (SSSR count). The lowest BCUT2D eigenvalue weighted by Crippen LogP contribution is -2.39. The molecule has 1 aromatic carbocycles. The van der Waals surface area contributed by atoms with Gasteiger partial charge in [0, 0.05) is 17.0 Å². The predicted octanol–water partition coefficient (Wildman–Crippen LogP) is 4.92. The minimum absolute atomic E-state index is 0.0492. The number of terminal acetylenes is 1. The lowest BCUT2D eigenvalue weighted by Gasteiger charge is -2.31. The summed E-state index contributed by atoms with van der Waals surface area (Å²) in [6.07, 6.45) is 10.5. The smallest absolute Gasteiger partial charge is 0.303 e. The molecule has 0 radical (unpaired) electrons. The first-order valence-electron chi connectivity index (χ1n) is 9.55. The molecule has 1 aromatic heterocycles. The molecule has 1 amide bonds. The third kappa shape index (κ3) is 4.28. The van der Waals surface area contributed by atoms with Gasteiger partial charge < -0.3 is 4.74 Å². The Morgan fingerprint density at radius 2 is 2.07 bits per heavy atom. The molecule has 1 fully saturated rings. The molecule has 5 heteroatoms. The summed E-state index contributed by atoms with van der Waals surface area (Å²) in [5.41, 5.74) is 1.47. The maximum absolute atomic E-state index is 13.4. The first-order valence-corrected chi connectivity index (χ1v) is 10.4. The van der Waals surface area contributed by atoms with Crippen LogP contribution in [-0.4, -0.2) is 18.8 Å². The molecule has 4 nitrogen and oxygen atoms in total. The molecule has 0 saturated heterocycles. The van der Waals surface area contributed by atoms with E-state index in [4.69, 9.17) is 11.2 Å². The largest absolute Gasteiger partial charge is 0.497 e. The zero-order valence-electron chi connectivity index (χ0n) is 16.3. The molecule has 0 N–H and O–H groups in total. The molecule has 146 valence electrons. The highest BCUT2D eigenvalue weighted by atomic mass is 32.1. The fraction of sp³-hybridized carbons (Fsp3) is 0.391. The average molecular weight is 396 g/mol. The second-order valence-corrected chi connectivity index (χ2v) is 8.19. The van der Waals surface area contributed by atoms with Crippen molar-refractivity contribution in [1.82, 2.24) is 0 Å². The van der Waals surface area contributed by atoms with Gasteiger partial charge in [-0.3, -0.25) is 14.5 Å². The van der Waals surface area contributed by atoms with Crippen LogP contribution < -0.4 is 9.64 Å². The van der Waals surface area contributed by atoms with E-state index in [1.807, 2.05) is 30.5 Å². The molecule has 0 bridgehead atoms. The van der Waals surface area contributed by atoms with Gasteiger partial charge in [0.1, 0.15) is 11.8 Å². The van der Waals surface area contributed by atoms with Gasteiger partial charge in [-0.15, -0.1) is 17.8 Å². The van der Waals surface area contributed by atoms with Gasteiger partial charge >= 0.3 is 5.91 Å². The van der Waals surface area contributed by atoms with Crippen LogP contribution in [0.25, 0.3) is 0 Å². The number of anilines is 1. The number of carbonyl (C=O) groups is 2. The Morgan fingerprint density at radius 3 is 2.64 bits per heavy atom. The van der Waals surface area contributed by atoms with Crippen molar-refractivity contribution in [2.45, 2.75) is 45.1 Å². The molecule has 1 heterocycles. The minimum atomic E-state index is -0.698. The number of nitrogens with zero attached hydrogens (tertiary/aromatic N) is 1. The van der Waals surface area contributed by atoms with Crippen LogP contribution in [0.1, 0.15) is 48.6 Å². The molecule has 1 atom stereocenters. The van der Waals surface area contributed by atoms with Gasteiger partial charge in [0.25, 0.3) is 0 Å². The van der Waals surface area contributed by atoms with Gasteiger partial charge in [-0.1, -0.05) is 31.7 Å². The number of hydrogen-bond donors (Lipinski definition) is 0.